The highest BCUT2D eigenvalue weighted by Crippen LogP contribution is 2.10. The molecule has 0 saturated carbocycles. The molecule has 72 valence electrons. The van der Waals surface area contributed by atoms with Crippen LogP contribution in [0.5, 0.6) is 0 Å². The minimum atomic E-state index is 0.717. The van der Waals surface area contributed by atoms with Crippen molar-refractivity contribution < 1.29 is 0 Å². The van der Waals surface area contributed by atoms with Crippen LogP contribution < -0.4 is 5.32 Å². The van der Waals surface area contributed by atoms with Crippen molar-refractivity contribution in [1.82, 2.24) is 15.2 Å². The first-order chi connectivity index (χ1) is 6.36. The average Bonchev–Trinajstić information content (AvgIpc) is 2.74. The molecule has 0 aliphatic carbocycles. The predicted molar refractivity (Wildman–Crippen MR) is 53.5 cm³/mol. The predicted octanol–water partition coefficient (Wildman–Crippen LogP) is 0.808. The maximum absolute atomic E-state index is 3.38. The third-order valence-corrected chi connectivity index (χ3v) is 2.75. The maximum atomic E-state index is 3.38. The molecule has 0 radical (unpaired) electrons. The average molecular weight is 179 g/mol. The Morgan fingerprint density at radius 1 is 1.62 bits per heavy atom. The van der Waals surface area contributed by atoms with E-state index in [-0.39, 0.29) is 0 Å². The highest BCUT2D eigenvalue weighted by atomic mass is 15.2. The van der Waals surface area contributed by atoms with Crippen molar-refractivity contribution in [3.8, 4) is 0 Å². The van der Waals surface area contributed by atoms with E-state index in [9.17, 15) is 0 Å². The van der Waals surface area contributed by atoms with E-state index < -0.39 is 0 Å². The van der Waals surface area contributed by atoms with Gasteiger partial charge >= 0.3 is 0 Å². The zero-order chi connectivity index (χ0) is 9.10. The molecule has 2 rings (SSSR count). The first-order valence-electron chi connectivity index (χ1n) is 4.89. The first kappa shape index (κ1) is 8.78. The van der Waals surface area contributed by atoms with Gasteiger partial charge < -0.3 is 10.3 Å². The van der Waals surface area contributed by atoms with Gasteiger partial charge in [0.25, 0.3) is 0 Å². The summed E-state index contributed by atoms with van der Waals surface area (Å²) < 4.78 is 0. The molecule has 0 bridgehead atoms. The van der Waals surface area contributed by atoms with E-state index in [1.54, 1.807) is 0 Å². The minimum absolute atomic E-state index is 0.717. The van der Waals surface area contributed by atoms with Crippen LogP contribution in [-0.4, -0.2) is 36.1 Å². The van der Waals surface area contributed by atoms with Crippen LogP contribution in [-0.2, 0) is 6.54 Å². The number of nitrogens with zero attached hydrogens (tertiary/aromatic N) is 1. The van der Waals surface area contributed by atoms with Gasteiger partial charge in [0.05, 0.1) is 0 Å². The summed E-state index contributed by atoms with van der Waals surface area (Å²) in [6.45, 7) is 3.36. The van der Waals surface area contributed by atoms with Gasteiger partial charge in [-0.05, 0) is 31.6 Å². The molecule has 0 aromatic carbocycles. The van der Waals surface area contributed by atoms with Crippen molar-refractivity contribution in [3.05, 3.63) is 24.0 Å². The molecule has 2 heterocycles. The zero-order valence-electron chi connectivity index (χ0n) is 8.09. The van der Waals surface area contributed by atoms with E-state index in [1.807, 2.05) is 6.20 Å². The van der Waals surface area contributed by atoms with Crippen LogP contribution in [0.2, 0.25) is 0 Å². The molecule has 1 fully saturated rings. The fraction of sp³-hybridized carbons (Fsp3) is 0.600. The Morgan fingerprint density at radius 2 is 2.54 bits per heavy atom. The second-order valence-corrected chi connectivity index (χ2v) is 3.78. The molecule has 1 aliphatic rings. The summed E-state index contributed by atoms with van der Waals surface area (Å²) in [5.41, 5.74) is 1.37. The lowest BCUT2D eigenvalue weighted by Gasteiger charge is -2.22. The number of H-pyrrole nitrogens is 1. The standard InChI is InChI=1S/C10H17N3/c1-13(10-3-5-12-7-10)8-9-2-4-11-6-9/h2,4,6,10-12H,3,5,7-8H2,1H3. The Kier molecular flexibility index (Phi) is 2.66. The highest BCUT2D eigenvalue weighted by molar-refractivity contribution is 5.08. The van der Waals surface area contributed by atoms with Crippen molar-refractivity contribution >= 4 is 0 Å². The van der Waals surface area contributed by atoms with Crippen LogP contribution in [0.25, 0.3) is 0 Å². The SMILES string of the molecule is CN(Cc1cc[nH]c1)C1CCNC1. The topological polar surface area (TPSA) is 31.1 Å². The fourth-order valence-corrected chi connectivity index (χ4v) is 1.89. The second-order valence-electron chi connectivity index (χ2n) is 3.78. The van der Waals surface area contributed by atoms with Gasteiger partial charge in [0.1, 0.15) is 0 Å². The lowest BCUT2D eigenvalue weighted by atomic mass is 10.2. The van der Waals surface area contributed by atoms with Gasteiger partial charge in [-0.1, -0.05) is 0 Å². The minimum Gasteiger partial charge on any atom is -0.367 e. The summed E-state index contributed by atoms with van der Waals surface area (Å²) in [4.78, 5) is 5.50. The van der Waals surface area contributed by atoms with Gasteiger partial charge in [-0.2, -0.15) is 0 Å². The molecule has 1 atom stereocenters. The summed E-state index contributed by atoms with van der Waals surface area (Å²) in [6, 6.07) is 2.86. The molecule has 0 amide bonds. The van der Waals surface area contributed by atoms with Crippen molar-refractivity contribution in [1.29, 1.82) is 0 Å². The van der Waals surface area contributed by atoms with Gasteiger partial charge in [-0.25, -0.2) is 0 Å². The molecule has 3 heteroatoms. The van der Waals surface area contributed by atoms with E-state index in [1.165, 1.54) is 18.5 Å². The Labute approximate surface area is 79.1 Å². The smallest absolute Gasteiger partial charge is 0.0249 e. The number of hydrogen-bond donors (Lipinski definition) is 2. The van der Waals surface area contributed by atoms with Crippen molar-refractivity contribution in [3.63, 3.8) is 0 Å². The molecular weight excluding hydrogens is 162 g/mol. The summed E-state index contributed by atoms with van der Waals surface area (Å²) >= 11 is 0. The quantitative estimate of drug-likeness (QED) is 0.719. The fourth-order valence-electron chi connectivity index (χ4n) is 1.89. The molecule has 0 spiro atoms. The van der Waals surface area contributed by atoms with Crippen LogP contribution >= 0.6 is 0 Å². The van der Waals surface area contributed by atoms with Crippen LogP contribution in [0.15, 0.2) is 18.5 Å². The van der Waals surface area contributed by atoms with Gasteiger partial charge in [-0.3, -0.25) is 4.90 Å². The third kappa shape index (κ3) is 2.11. The summed E-state index contributed by atoms with van der Waals surface area (Å²) in [5.74, 6) is 0. The largest absolute Gasteiger partial charge is 0.367 e. The number of aromatic nitrogens is 1. The number of aromatic amines is 1. The Hall–Kier alpha value is -0.800. The Morgan fingerprint density at radius 3 is 3.15 bits per heavy atom. The van der Waals surface area contributed by atoms with Gasteiger partial charge in [0.15, 0.2) is 0 Å². The second kappa shape index (κ2) is 3.94. The normalized spacial score (nSPS) is 22.8. The number of likely N-dealkylation sites (N-methyl/N-ethyl adjacent to an activating group) is 1. The monoisotopic (exact) mass is 179 g/mol. The molecule has 1 aliphatic heterocycles. The molecule has 3 nitrogen and oxygen atoms in total. The lowest BCUT2D eigenvalue weighted by molar-refractivity contribution is 0.249. The third-order valence-electron chi connectivity index (χ3n) is 2.75. The Balaban J connectivity index is 1.87. The first-order valence-corrected chi connectivity index (χ1v) is 4.89. The number of rotatable bonds is 3. The van der Waals surface area contributed by atoms with E-state index >= 15 is 0 Å². The van der Waals surface area contributed by atoms with Gasteiger partial charge in [0, 0.05) is 31.5 Å². The van der Waals surface area contributed by atoms with Crippen LogP contribution in [0.3, 0.4) is 0 Å². The highest BCUT2D eigenvalue weighted by Gasteiger charge is 2.18. The van der Waals surface area contributed by atoms with Crippen molar-refractivity contribution in [2.45, 2.75) is 19.0 Å². The van der Waals surface area contributed by atoms with E-state index in [2.05, 4.69) is 34.5 Å². The molecule has 13 heavy (non-hydrogen) atoms. The summed E-state index contributed by atoms with van der Waals surface area (Å²) in [7, 11) is 2.20. The molecule has 1 aromatic heterocycles. The molecular formula is C10H17N3. The van der Waals surface area contributed by atoms with Crippen LogP contribution in [0.1, 0.15) is 12.0 Å². The van der Waals surface area contributed by atoms with Crippen molar-refractivity contribution in [2.75, 3.05) is 20.1 Å². The van der Waals surface area contributed by atoms with Crippen LogP contribution in [0, 0.1) is 0 Å². The van der Waals surface area contributed by atoms with E-state index in [0.29, 0.717) is 0 Å². The number of hydrogen-bond acceptors (Lipinski definition) is 2. The van der Waals surface area contributed by atoms with Gasteiger partial charge in [0.2, 0.25) is 0 Å². The number of nitrogens with one attached hydrogen (secondary N) is 2. The maximum Gasteiger partial charge on any atom is 0.0249 e. The summed E-state index contributed by atoms with van der Waals surface area (Å²) in [6.07, 6.45) is 5.33. The van der Waals surface area contributed by atoms with Crippen molar-refractivity contribution in [2.24, 2.45) is 0 Å². The molecule has 2 N–H and O–H groups in total. The zero-order valence-corrected chi connectivity index (χ0v) is 8.09. The Bertz CT molecular complexity index is 237. The van der Waals surface area contributed by atoms with E-state index in [0.717, 1.165) is 19.1 Å². The van der Waals surface area contributed by atoms with E-state index in [4.69, 9.17) is 0 Å². The summed E-state index contributed by atoms with van der Waals surface area (Å²) in [5, 5.41) is 3.38. The molecule has 1 unspecified atom stereocenters. The molecule has 1 aromatic rings. The van der Waals surface area contributed by atoms with Crippen LogP contribution in [0.4, 0.5) is 0 Å². The van der Waals surface area contributed by atoms with Gasteiger partial charge in [-0.15, -0.1) is 0 Å². The lowest BCUT2D eigenvalue weighted by Crippen LogP contribution is -2.32. The molecule has 1 saturated heterocycles.